The lowest BCUT2D eigenvalue weighted by atomic mass is 9.92. The molecule has 0 aromatic heterocycles. The summed E-state index contributed by atoms with van der Waals surface area (Å²) in [5, 5.41) is 3.94. The van der Waals surface area contributed by atoms with Gasteiger partial charge in [0.2, 0.25) is 0 Å². The zero-order valence-electron chi connectivity index (χ0n) is 7.91. The van der Waals surface area contributed by atoms with Gasteiger partial charge in [-0.05, 0) is 12.8 Å². The van der Waals surface area contributed by atoms with Crippen LogP contribution in [0.15, 0.2) is 5.16 Å². The summed E-state index contributed by atoms with van der Waals surface area (Å²) in [7, 11) is 1.58. The predicted molar refractivity (Wildman–Crippen MR) is 47.5 cm³/mol. The summed E-state index contributed by atoms with van der Waals surface area (Å²) in [5.41, 5.74) is 1.12. The molecule has 1 aliphatic heterocycles. The Balaban J connectivity index is 1.91. The van der Waals surface area contributed by atoms with Crippen molar-refractivity contribution in [1.29, 1.82) is 0 Å². The van der Waals surface area contributed by atoms with E-state index in [9.17, 15) is 0 Å². The molecule has 2 aliphatic rings. The Bertz CT molecular complexity index is 197. The molecule has 1 saturated carbocycles. The molecular weight excluding hydrogens is 170 g/mol. The van der Waals surface area contributed by atoms with Gasteiger partial charge in [0.15, 0.2) is 5.79 Å². The van der Waals surface area contributed by atoms with Crippen LogP contribution in [0, 0.1) is 0 Å². The first-order valence-electron chi connectivity index (χ1n) is 4.71. The standard InChI is InChI=1S/C9H15NO3/c1-11-10-8-2-4-9(5-3-8)12-6-7-13-9/h2-7H2,1H3. The molecule has 1 aliphatic carbocycles. The molecule has 0 unspecified atom stereocenters. The fraction of sp³-hybridized carbons (Fsp3) is 0.889. The molecule has 0 aromatic carbocycles. The largest absolute Gasteiger partial charge is 0.399 e. The summed E-state index contributed by atoms with van der Waals surface area (Å²) < 4.78 is 11.2. The van der Waals surface area contributed by atoms with Gasteiger partial charge >= 0.3 is 0 Å². The topological polar surface area (TPSA) is 40.0 Å². The van der Waals surface area contributed by atoms with Crippen molar-refractivity contribution in [3.05, 3.63) is 0 Å². The van der Waals surface area contributed by atoms with Gasteiger partial charge < -0.3 is 14.3 Å². The number of oxime groups is 1. The van der Waals surface area contributed by atoms with Gasteiger partial charge in [-0.25, -0.2) is 0 Å². The van der Waals surface area contributed by atoms with E-state index >= 15 is 0 Å². The van der Waals surface area contributed by atoms with Gasteiger partial charge in [0.25, 0.3) is 0 Å². The van der Waals surface area contributed by atoms with Crippen LogP contribution < -0.4 is 0 Å². The van der Waals surface area contributed by atoms with Gasteiger partial charge in [0.1, 0.15) is 7.11 Å². The average molecular weight is 185 g/mol. The second kappa shape index (κ2) is 3.64. The average Bonchev–Trinajstić information content (AvgIpc) is 2.59. The smallest absolute Gasteiger partial charge is 0.169 e. The maximum Gasteiger partial charge on any atom is 0.169 e. The third-order valence-corrected chi connectivity index (χ3v) is 2.62. The van der Waals surface area contributed by atoms with Crippen LogP contribution in [0.1, 0.15) is 25.7 Å². The van der Waals surface area contributed by atoms with Crippen LogP contribution in [-0.4, -0.2) is 31.8 Å². The SMILES string of the molecule is CON=C1CCC2(CC1)OCCO2. The van der Waals surface area contributed by atoms with Crippen LogP contribution in [0.3, 0.4) is 0 Å². The summed E-state index contributed by atoms with van der Waals surface area (Å²) in [6, 6.07) is 0. The molecule has 2 rings (SSSR count). The first-order valence-corrected chi connectivity index (χ1v) is 4.71. The maximum atomic E-state index is 5.59. The molecule has 0 amide bonds. The highest BCUT2D eigenvalue weighted by Crippen LogP contribution is 2.34. The Morgan fingerprint density at radius 2 is 1.85 bits per heavy atom. The maximum absolute atomic E-state index is 5.59. The van der Waals surface area contributed by atoms with Crippen LogP contribution in [0.5, 0.6) is 0 Å². The minimum atomic E-state index is -0.285. The van der Waals surface area contributed by atoms with E-state index in [1.54, 1.807) is 7.11 Å². The number of ether oxygens (including phenoxy) is 2. The van der Waals surface area contributed by atoms with E-state index in [-0.39, 0.29) is 5.79 Å². The summed E-state index contributed by atoms with van der Waals surface area (Å²) in [4.78, 5) is 4.74. The van der Waals surface area contributed by atoms with Crippen molar-refractivity contribution in [1.82, 2.24) is 0 Å². The van der Waals surface area contributed by atoms with Crippen molar-refractivity contribution in [3.63, 3.8) is 0 Å². The van der Waals surface area contributed by atoms with Crippen LogP contribution in [0.2, 0.25) is 0 Å². The summed E-state index contributed by atoms with van der Waals surface area (Å²) in [6.45, 7) is 1.47. The molecule has 4 heteroatoms. The highest BCUT2D eigenvalue weighted by atomic mass is 16.7. The number of rotatable bonds is 1. The molecule has 1 saturated heterocycles. The van der Waals surface area contributed by atoms with Gasteiger partial charge in [-0.15, -0.1) is 0 Å². The summed E-state index contributed by atoms with van der Waals surface area (Å²) in [5.74, 6) is -0.285. The Morgan fingerprint density at radius 3 is 2.38 bits per heavy atom. The Labute approximate surface area is 77.8 Å². The van der Waals surface area contributed by atoms with Gasteiger partial charge in [-0.2, -0.15) is 0 Å². The van der Waals surface area contributed by atoms with Crippen LogP contribution in [0.25, 0.3) is 0 Å². The first kappa shape index (κ1) is 8.97. The monoisotopic (exact) mass is 185 g/mol. The van der Waals surface area contributed by atoms with Gasteiger partial charge in [-0.1, -0.05) is 5.16 Å². The predicted octanol–water partition coefficient (Wildman–Crippen LogP) is 1.31. The summed E-state index contributed by atoms with van der Waals surface area (Å²) in [6.07, 6.45) is 3.67. The molecule has 1 spiro atoms. The lowest BCUT2D eigenvalue weighted by Gasteiger charge is -2.31. The molecule has 0 N–H and O–H groups in total. The van der Waals surface area contributed by atoms with E-state index in [1.807, 2.05) is 0 Å². The minimum absolute atomic E-state index is 0.285. The van der Waals surface area contributed by atoms with E-state index in [0.717, 1.165) is 44.6 Å². The quantitative estimate of drug-likeness (QED) is 0.578. The Morgan fingerprint density at radius 1 is 1.23 bits per heavy atom. The van der Waals surface area contributed by atoms with Crippen molar-refractivity contribution < 1.29 is 14.3 Å². The lowest BCUT2D eigenvalue weighted by Crippen LogP contribution is -2.35. The molecule has 0 radical (unpaired) electrons. The minimum Gasteiger partial charge on any atom is -0.399 e. The van der Waals surface area contributed by atoms with E-state index in [1.165, 1.54) is 0 Å². The Kier molecular flexibility index (Phi) is 2.51. The zero-order chi connectivity index (χ0) is 9.15. The van der Waals surface area contributed by atoms with Crippen molar-refractivity contribution in [2.24, 2.45) is 5.16 Å². The van der Waals surface area contributed by atoms with E-state index < -0.39 is 0 Å². The molecule has 2 fully saturated rings. The molecular formula is C9H15NO3. The zero-order valence-corrected chi connectivity index (χ0v) is 7.91. The lowest BCUT2D eigenvalue weighted by molar-refractivity contribution is -0.167. The van der Waals surface area contributed by atoms with Gasteiger partial charge in [0.05, 0.1) is 18.9 Å². The fourth-order valence-electron chi connectivity index (χ4n) is 1.93. The number of hydrogen-bond acceptors (Lipinski definition) is 4. The van der Waals surface area contributed by atoms with Crippen molar-refractivity contribution >= 4 is 5.71 Å². The summed E-state index contributed by atoms with van der Waals surface area (Å²) >= 11 is 0. The van der Waals surface area contributed by atoms with Crippen molar-refractivity contribution in [2.45, 2.75) is 31.5 Å². The number of nitrogens with zero attached hydrogens (tertiary/aromatic N) is 1. The highest BCUT2D eigenvalue weighted by Gasteiger charge is 2.39. The van der Waals surface area contributed by atoms with Crippen LogP contribution >= 0.6 is 0 Å². The van der Waals surface area contributed by atoms with Crippen LogP contribution in [-0.2, 0) is 14.3 Å². The van der Waals surface area contributed by atoms with E-state index in [2.05, 4.69) is 5.16 Å². The highest BCUT2D eigenvalue weighted by molar-refractivity contribution is 5.84. The molecule has 0 bridgehead atoms. The first-order chi connectivity index (χ1) is 6.35. The van der Waals surface area contributed by atoms with Gasteiger partial charge in [-0.3, -0.25) is 0 Å². The third-order valence-electron chi connectivity index (χ3n) is 2.62. The van der Waals surface area contributed by atoms with Gasteiger partial charge in [0, 0.05) is 12.8 Å². The number of hydrogen-bond donors (Lipinski definition) is 0. The van der Waals surface area contributed by atoms with E-state index in [0.29, 0.717) is 0 Å². The van der Waals surface area contributed by atoms with Crippen LogP contribution in [0.4, 0.5) is 0 Å². The van der Waals surface area contributed by atoms with E-state index in [4.69, 9.17) is 14.3 Å². The molecule has 74 valence electrons. The fourth-order valence-corrected chi connectivity index (χ4v) is 1.93. The molecule has 4 nitrogen and oxygen atoms in total. The molecule has 1 heterocycles. The Hall–Kier alpha value is -0.610. The molecule has 13 heavy (non-hydrogen) atoms. The third kappa shape index (κ3) is 1.84. The normalized spacial score (nSPS) is 26.4. The second-order valence-electron chi connectivity index (χ2n) is 3.45. The second-order valence-corrected chi connectivity index (χ2v) is 3.45. The van der Waals surface area contributed by atoms with Crippen molar-refractivity contribution in [2.75, 3.05) is 20.3 Å². The molecule has 0 atom stereocenters. The molecule has 0 aromatic rings. The van der Waals surface area contributed by atoms with Crippen molar-refractivity contribution in [3.8, 4) is 0 Å².